The van der Waals surface area contributed by atoms with E-state index in [9.17, 15) is 14.4 Å². The number of amides is 3. The maximum Gasteiger partial charge on any atom is 0.244 e. The number of aromatic nitrogens is 1. The number of benzene rings is 1. The normalized spacial score (nSPS) is 15.4. The number of fused-ring (bicyclic) bond motifs is 2. The Bertz CT molecular complexity index is 1150. The Hall–Kier alpha value is -3.68. The largest absolute Gasteiger partial charge is 0.389 e. The van der Waals surface area contributed by atoms with Gasteiger partial charge in [-0.05, 0) is 47.7 Å². The highest BCUT2D eigenvalue weighted by Gasteiger charge is 2.31. The zero-order valence-corrected chi connectivity index (χ0v) is 19.9. The summed E-state index contributed by atoms with van der Waals surface area (Å²) in [4.78, 5) is 44.4. The monoisotopic (exact) mass is 461 g/mol. The Morgan fingerprint density at radius 2 is 1.94 bits per heavy atom. The lowest BCUT2D eigenvalue weighted by atomic mass is 9.94. The molecule has 1 aromatic heterocycles. The van der Waals surface area contributed by atoms with Crippen LogP contribution in [0.1, 0.15) is 50.3 Å². The van der Waals surface area contributed by atoms with Crippen molar-refractivity contribution < 1.29 is 14.4 Å². The second-order valence-electron chi connectivity index (χ2n) is 9.78. The zero-order valence-electron chi connectivity index (χ0n) is 19.9. The summed E-state index contributed by atoms with van der Waals surface area (Å²) in [6.07, 6.45) is 5.98. The molecular formula is C26H31N5O3. The smallest absolute Gasteiger partial charge is 0.244 e. The van der Waals surface area contributed by atoms with Crippen molar-refractivity contribution in [1.82, 2.24) is 15.2 Å². The number of carbonyl (C=O) groups is 3. The van der Waals surface area contributed by atoms with E-state index in [1.165, 1.54) is 0 Å². The van der Waals surface area contributed by atoms with Gasteiger partial charge in [0.1, 0.15) is 12.4 Å². The first kappa shape index (κ1) is 23.5. The topological polar surface area (TPSA) is 103 Å². The molecule has 8 nitrogen and oxygen atoms in total. The lowest BCUT2D eigenvalue weighted by Crippen LogP contribution is -2.44. The Morgan fingerprint density at radius 3 is 2.68 bits per heavy atom. The summed E-state index contributed by atoms with van der Waals surface area (Å²) < 4.78 is 0. The Balaban J connectivity index is 1.52. The third kappa shape index (κ3) is 5.44. The van der Waals surface area contributed by atoms with Crippen LogP contribution in [0.4, 0.5) is 11.5 Å². The quantitative estimate of drug-likeness (QED) is 0.649. The van der Waals surface area contributed by atoms with Crippen molar-refractivity contribution in [3.05, 3.63) is 65.1 Å². The van der Waals surface area contributed by atoms with Gasteiger partial charge in [0.25, 0.3) is 0 Å². The van der Waals surface area contributed by atoms with Gasteiger partial charge in [-0.25, -0.2) is 4.98 Å². The van der Waals surface area contributed by atoms with Crippen molar-refractivity contribution in [3.63, 3.8) is 0 Å². The number of hydrogen-bond acceptors (Lipinski definition) is 5. The first-order chi connectivity index (χ1) is 16.2. The molecule has 0 unspecified atom stereocenters. The summed E-state index contributed by atoms with van der Waals surface area (Å²) >= 11 is 0. The Kier molecular flexibility index (Phi) is 6.68. The third-order valence-electron chi connectivity index (χ3n) is 5.93. The lowest BCUT2D eigenvalue weighted by Gasteiger charge is -2.32. The zero-order chi connectivity index (χ0) is 24.3. The van der Waals surface area contributed by atoms with Crippen molar-refractivity contribution in [3.8, 4) is 0 Å². The van der Waals surface area contributed by atoms with Gasteiger partial charge in [-0.1, -0.05) is 32.9 Å². The molecular weight excluding hydrogens is 430 g/mol. The van der Waals surface area contributed by atoms with Gasteiger partial charge in [0.2, 0.25) is 17.7 Å². The van der Waals surface area contributed by atoms with E-state index in [1.807, 2.05) is 57.3 Å². The molecule has 2 aliphatic rings. The molecule has 3 N–H and O–H groups in total. The number of nitrogens with one attached hydrogen (secondary N) is 3. The van der Waals surface area contributed by atoms with E-state index in [0.717, 1.165) is 41.8 Å². The van der Waals surface area contributed by atoms with Crippen LogP contribution in [0, 0.1) is 5.41 Å². The molecule has 0 saturated heterocycles. The van der Waals surface area contributed by atoms with Crippen LogP contribution in [0.25, 0.3) is 0 Å². The third-order valence-corrected chi connectivity index (χ3v) is 5.93. The van der Waals surface area contributed by atoms with Crippen LogP contribution < -0.4 is 16.0 Å². The molecule has 0 spiro atoms. The standard InChI is InChI=1S/C26H31N5O3/c1-26(2,3)25(34)31(21-7-5-10-27-15-21)16-23(33)29-20-9-8-17-12-18-6-4-11-28-24(18)30-22(32)14-19(17)13-20/h4,6,8-9,11,13,15,27H,5,7,10,12,14,16H2,1-3H3,(H,29,33)(H,28,30,32). The highest BCUT2D eigenvalue weighted by Crippen LogP contribution is 2.26. The summed E-state index contributed by atoms with van der Waals surface area (Å²) in [7, 11) is 0. The molecule has 0 bridgehead atoms. The molecule has 2 aliphatic heterocycles. The fourth-order valence-electron chi connectivity index (χ4n) is 4.19. The summed E-state index contributed by atoms with van der Waals surface area (Å²) in [5.41, 5.74) is 3.63. The second kappa shape index (κ2) is 9.67. The Labute approximate surface area is 199 Å². The van der Waals surface area contributed by atoms with E-state index in [-0.39, 0.29) is 30.7 Å². The van der Waals surface area contributed by atoms with Gasteiger partial charge in [0.05, 0.1) is 6.42 Å². The number of nitrogens with zero attached hydrogens (tertiary/aromatic N) is 2. The average molecular weight is 462 g/mol. The van der Waals surface area contributed by atoms with Crippen LogP contribution in [-0.4, -0.2) is 40.7 Å². The van der Waals surface area contributed by atoms with E-state index >= 15 is 0 Å². The van der Waals surface area contributed by atoms with Crippen LogP contribution in [0.5, 0.6) is 0 Å². The average Bonchev–Trinajstić information content (AvgIpc) is 2.78. The fraction of sp³-hybridized carbons (Fsp3) is 0.385. The number of anilines is 2. The number of allylic oxidation sites excluding steroid dienone is 1. The SMILES string of the molecule is CC(C)(C)C(=O)N(CC(=O)Nc1ccc2c(c1)CC(=O)Nc1ncccc1C2)C1=CNCCC1. The number of carbonyl (C=O) groups excluding carboxylic acids is 3. The van der Waals surface area contributed by atoms with E-state index < -0.39 is 5.41 Å². The van der Waals surface area contributed by atoms with Gasteiger partial charge in [-0.2, -0.15) is 0 Å². The van der Waals surface area contributed by atoms with Gasteiger partial charge in [0.15, 0.2) is 0 Å². The summed E-state index contributed by atoms with van der Waals surface area (Å²) in [6, 6.07) is 9.41. The fourth-order valence-corrected chi connectivity index (χ4v) is 4.19. The van der Waals surface area contributed by atoms with E-state index in [4.69, 9.17) is 0 Å². The molecule has 4 rings (SSSR count). The molecule has 34 heavy (non-hydrogen) atoms. The summed E-state index contributed by atoms with van der Waals surface area (Å²) in [5.74, 6) is 0.0577. The molecule has 3 heterocycles. The minimum Gasteiger partial charge on any atom is -0.389 e. The molecule has 0 aliphatic carbocycles. The maximum absolute atomic E-state index is 13.1. The second-order valence-corrected chi connectivity index (χ2v) is 9.78. The molecule has 8 heteroatoms. The van der Waals surface area contributed by atoms with E-state index in [1.54, 1.807) is 11.1 Å². The number of hydrogen-bond donors (Lipinski definition) is 3. The van der Waals surface area contributed by atoms with E-state index in [2.05, 4.69) is 20.9 Å². The molecule has 178 valence electrons. The molecule has 1 aromatic carbocycles. The first-order valence-corrected chi connectivity index (χ1v) is 11.6. The number of rotatable bonds is 4. The van der Waals surface area contributed by atoms with Gasteiger partial charge in [-0.3, -0.25) is 14.4 Å². The molecule has 0 fully saturated rings. The number of pyridine rings is 1. The van der Waals surface area contributed by atoms with Crippen LogP contribution in [0.3, 0.4) is 0 Å². The van der Waals surface area contributed by atoms with Gasteiger partial charge >= 0.3 is 0 Å². The van der Waals surface area contributed by atoms with Crippen molar-refractivity contribution in [1.29, 1.82) is 0 Å². The highest BCUT2D eigenvalue weighted by atomic mass is 16.2. The molecule has 0 atom stereocenters. The van der Waals surface area contributed by atoms with Crippen molar-refractivity contribution in [2.75, 3.05) is 23.7 Å². The van der Waals surface area contributed by atoms with Crippen LogP contribution in [-0.2, 0) is 27.2 Å². The van der Waals surface area contributed by atoms with Crippen LogP contribution >= 0.6 is 0 Å². The van der Waals surface area contributed by atoms with Crippen molar-refractivity contribution in [2.45, 2.75) is 46.5 Å². The molecule has 3 amide bonds. The molecule has 0 radical (unpaired) electrons. The predicted octanol–water partition coefficient (Wildman–Crippen LogP) is 3.21. The summed E-state index contributed by atoms with van der Waals surface area (Å²) in [5, 5.41) is 8.94. The van der Waals surface area contributed by atoms with Gasteiger partial charge in [-0.15, -0.1) is 0 Å². The highest BCUT2D eigenvalue weighted by molar-refractivity contribution is 5.97. The van der Waals surface area contributed by atoms with Crippen LogP contribution in [0.2, 0.25) is 0 Å². The van der Waals surface area contributed by atoms with E-state index in [0.29, 0.717) is 17.9 Å². The Morgan fingerprint density at radius 1 is 1.12 bits per heavy atom. The minimum atomic E-state index is -0.611. The van der Waals surface area contributed by atoms with Gasteiger partial charge in [0, 0.05) is 42.2 Å². The molecule has 2 aromatic rings. The van der Waals surface area contributed by atoms with Crippen molar-refractivity contribution >= 4 is 29.2 Å². The lowest BCUT2D eigenvalue weighted by molar-refractivity contribution is -0.139. The molecule has 0 saturated carbocycles. The van der Waals surface area contributed by atoms with Crippen molar-refractivity contribution in [2.24, 2.45) is 5.41 Å². The first-order valence-electron chi connectivity index (χ1n) is 11.6. The predicted molar refractivity (Wildman–Crippen MR) is 131 cm³/mol. The van der Waals surface area contributed by atoms with Crippen LogP contribution in [0.15, 0.2) is 48.4 Å². The minimum absolute atomic E-state index is 0.0692. The maximum atomic E-state index is 13.1. The summed E-state index contributed by atoms with van der Waals surface area (Å²) in [6.45, 7) is 6.34. The van der Waals surface area contributed by atoms with Gasteiger partial charge < -0.3 is 20.9 Å².